The number of hydrogen-bond donors (Lipinski definition) is 0. The molecule has 0 fully saturated rings. The van der Waals surface area contributed by atoms with E-state index < -0.39 is 0 Å². The first-order valence-electron chi connectivity index (χ1n) is 24.9. The summed E-state index contributed by atoms with van der Waals surface area (Å²) in [6.45, 7) is 9.11. The van der Waals surface area contributed by atoms with Gasteiger partial charge in [-0.2, -0.15) is 0 Å². The van der Waals surface area contributed by atoms with E-state index in [0.29, 0.717) is 0 Å². The molecule has 2 aliphatic carbocycles. The minimum Gasteiger partial charge on any atom is -0.311 e. The molecule has 0 amide bonds. The number of anilines is 3. The predicted molar refractivity (Wildman–Crippen MR) is 270 cm³/mol. The topological polar surface area (TPSA) is 3.24 Å². The van der Waals surface area contributed by atoms with Crippen LogP contribution in [-0.4, -0.2) is 0 Å². The maximum atomic E-state index is 2.61. The Morgan fingerprint density at radius 1 is 0.371 bits per heavy atom. The van der Waals surface area contributed by atoms with E-state index in [1.54, 1.807) is 11.1 Å². The molecular formula is C61H73N. The van der Waals surface area contributed by atoms with Gasteiger partial charge in [-0.05, 0) is 138 Å². The highest BCUT2D eigenvalue weighted by Gasteiger charge is 2.42. The Hall–Kier alpha value is -4.88. The number of benzene rings is 6. The summed E-state index contributed by atoms with van der Waals surface area (Å²) >= 11 is 0. The molecule has 0 bridgehead atoms. The number of rotatable bonds is 23. The van der Waals surface area contributed by atoms with Crippen LogP contribution in [-0.2, 0) is 18.3 Å². The van der Waals surface area contributed by atoms with Crippen molar-refractivity contribution in [3.63, 3.8) is 0 Å². The fraction of sp³-hybridized carbons (Fsp3) is 0.410. The Balaban J connectivity index is 1.08. The van der Waals surface area contributed by atoms with Gasteiger partial charge in [0.15, 0.2) is 0 Å². The van der Waals surface area contributed by atoms with E-state index in [9.17, 15) is 0 Å². The van der Waals surface area contributed by atoms with E-state index in [4.69, 9.17) is 0 Å². The second-order valence-electron chi connectivity index (χ2n) is 19.1. The zero-order chi connectivity index (χ0) is 42.7. The van der Waals surface area contributed by atoms with Gasteiger partial charge in [0, 0.05) is 22.5 Å². The molecule has 0 aliphatic heterocycles. The molecule has 0 saturated carbocycles. The van der Waals surface area contributed by atoms with Crippen LogP contribution in [0.2, 0.25) is 0 Å². The maximum Gasteiger partial charge on any atom is 0.0462 e. The highest BCUT2D eigenvalue weighted by Crippen LogP contribution is 2.55. The molecule has 6 aromatic carbocycles. The predicted octanol–water partition coefficient (Wildman–Crippen LogP) is 18.5. The molecule has 62 heavy (non-hydrogen) atoms. The first kappa shape index (κ1) is 43.8. The van der Waals surface area contributed by atoms with Crippen LogP contribution in [0.1, 0.15) is 163 Å². The van der Waals surface area contributed by atoms with Gasteiger partial charge in [0.05, 0.1) is 0 Å². The second kappa shape index (κ2) is 21.0. The van der Waals surface area contributed by atoms with Crippen LogP contribution >= 0.6 is 0 Å². The van der Waals surface area contributed by atoms with Gasteiger partial charge in [-0.1, -0.05) is 213 Å². The third kappa shape index (κ3) is 9.99. The van der Waals surface area contributed by atoms with Crippen LogP contribution in [0.15, 0.2) is 127 Å². The summed E-state index contributed by atoms with van der Waals surface area (Å²) in [5.41, 5.74) is 20.6. The largest absolute Gasteiger partial charge is 0.311 e. The smallest absolute Gasteiger partial charge is 0.0462 e. The Morgan fingerprint density at radius 2 is 0.774 bits per heavy atom. The molecule has 0 radical (unpaired) electrons. The van der Waals surface area contributed by atoms with Crippen molar-refractivity contribution in [2.75, 3.05) is 4.90 Å². The lowest BCUT2D eigenvalue weighted by Gasteiger charge is -2.33. The number of hydrogen-bond acceptors (Lipinski definition) is 1. The summed E-state index contributed by atoms with van der Waals surface area (Å²) < 4.78 is 0. The molecule has 1 nitrogen and oxygen atoms in total. The molecule has 8 rings (SSSR count). The average molecular weight is 820 g/mol. The van der Waals surface area contributed by atoms with Crippen LogP contribution < -0.4 is 4.90 Å². The quantitative estimate of drug-likeness (QED) is 0.0582. The number of fused-ring (bicyclic) bond motifs is 4. The normalized spacial score (nSPS) is 13.4. The van der Waals surface area contributed by atoms with Crippen molar-refractivity contribution in [3.05, 3.63) is 161 Å². The van der Waals surface area contributed by atoms with Gasteiger partial charge in [-0.15, -0.1) is 0 Å². The molecule has 0 unspecified atom stereocenters. The lowest BCUT2D eigenvalue weighted by Crippen LogP contribution is -2.25. The molecule has 0 aromatic heterocycles. The Morgan fingerprint density at radius 3 is 1.27 bits per heavy atom. The highest BCUT2D eigenvalue weighted by molar-refractivity contribution is 5.85. The lowest BCUT2D eigenvalue weighted by atomic mass is 9.70. The SMILES string of the molecule is CCCCCCCCCCC1(CCCCCCCCCC)c2cc(C)ccc2-c2ccc(-c3ccc(N(c4ccc(C)cc4)c4ccc(-c5ccc6c(c5)CC6)cc4)cc3)cc21. The minimum absolute atomic E-state index is 0.0754. The van der Waals surface area contributed by atoms with Crippen molar-refractivity contribution >= 4 is 17.1 Å². The zero-order valence-corrected chi connectivity index (χ0v) is 38.7. The summed E-state index contributed by atoms with van der Waals surface area (Å²) in [4.78, 5) is 2.41. The zero-order valence-electron chi connectivity index (χ0n) is 38.7. The lowest BCUT2D eigenvalue weighted by molar-refractivity contribution is 0.397. The number of unbranched alkanes of at least 4 members (excludes halogenated alkanes) is 14. The van der Waals surface area contributed by atoms with Crippen molar-refractivity contribution in [1.82, 2.24) is 0 Å². The first-order valence-corrected chi connectivity index (χ1v) is 24.9. The highest BCUT2D eigenvalue weighted by atomic mass is 15.1. The van der Waals surface area contributed by atoms with E-state index in [-0.39, 0.29) is 5.41 Å². The van der Waals surface area contributed by atoms with Crippen LogP contribution in [0, 0.1) is 13.8 Å². The van der Waals surface area contributed by atoms with E-state index in [2.05, 4.69) is 160 Å². The molecule has 0 saturated heterocycles. The molecule has 1 heteroatoms. The molecule has 6 aromatic rings. The van der Waals surface area contributed by atoms with Crippen molar-refractivity contribution in [1.29, 1.82) is 0 Å². The van der Waals surface area contributed by atoms with Crippen LogP contribution in [0.25, 0.3) is 33.4 Å². The van der Waals surface area contributed by atoms with E-state index in [1.165, 1.54) is 201 Å². The summed E-state index contributed by atoms with van der Waals surface area (Å²) in [5.74, 6) is 0. The molecule has 0 heterocycles. The van der Waals surface area contributed by atoms with Crippen molar-refractivity contribution in [2.24, 2.45) is 0 Å². The third-order valence-electron chi connectivity index (χ3n) is 14.5. The summed E-state index contributed by atoms with van der Waals surface area (Å²) in [6, 6.07) is 49.4. The van der Waals surface area contributed by atoms with Gasteiger partial charge < -0.3 is 4.90 Å². The summed E-state index contributed by atoms with van der Waals surface area (Å²) in [7, 11) is 0. The average Bonchev–Trinajstić information content (AvgIpc) is 3.54. The van der Waals surface area contributed by atoms with Gasteiger partial charge in [0.1, 0.15) is 0 Å². The fourth-order valence-electron chi connectivity index (χ4n) is 10.7. The minimum atomic E-state index is 0.0754. The second-order valence-corrected chi connectivity index (χ2v) is 19.1. The maximum absolute atomic E-state index is 2.61. The van der Waals surface area contributed by atoms with Gasteiger partial charge in [0.25, 0.3) is 0 Å². The number of nitrogens with zero attached hydrogens (tertiary/aromatic N) is 1. The summed E-state index contributed by atoms with van der Waals surface area (Å²) in [6.07, 6.45) is 26.7. The summed E-state index contributed by atoms with van der Waals surface area (Å²) in [5, 5.41) is 0. The van der Waals surface area contributed by atoms with Crippen molar-refractivity contribution in [2.45, 2.75) is 162 Å². The van der Waals surface area contributed by atoms with Crippen molar-refractivity contribution in [3.8, 4) is 33.4 Å². The van der Waals surface area contributed by atoms with Gasteiger partial charge in [0.2, 0.25) is 0 Å². The Kier molecular flexibility index (Phi) is 14.8. The molecule has 0 atom stereocenters. The van der Waals surface area contributed by atoms with Crippen LogP contribution in [0.3, 0.4) is 0 Å². The van der Waals surface area contributed by atoms with E-state index >= 15 is 0 Å². The van der Waals surface area contributed by atoms with Gasteiger partial charge >= 0.3 is 0 Å². The van der Waals surface area contributed by atoms with Crippen molar-refractivity contribution < 1.29 is 0 Å². The monoisotopic (exact) mass is 820 g/mol. The van der Waals surface area contributed by atoms with E-state index in [1.807, 2.05) is 0 Å². The fourth-order valence-corrected chi connectivity index (χ4v) is 10.7. The number of aryl methyl sites for hydroxylation is 4. The molecule has 2 aliphatic rings. The standard InChI is InChI=1S/C61H73N/c1-5-7-9-11-13-15-17-19-41-61(42-20-18-16-14-12-10-8-6-2)59-43-47(4)23-39-57(59)58-40-32-53(45-60(58)61)50-30-37-56(38-31-50)62(54-33-21-46(3)22-34-54)55-35-28-49(29-36-55)52-27-25-48-24-26-51(48)44-52/h21-23,25,27-40,43-45H,5-20,24,26,41-42H2,1-4H3. The molecule has 0 spiro atoms. The molecular weight excluding hydrogens is 747 g/mol. The molecule has 0 N–H and O–H groups in total. The van der Waals surface area contributed by atoms with Crippen LogP contribution in [0.4, 0.5) is 17.1 Å². The Labute approximate surface area is 376 Å². The Bertz CT molecular complexity index is 2320. The van der Waals surface area contributed by atoms with Crippen LogP contribution in [0.5, 0.6) is 0 Å². The molecule has 322 valence electrons. The van der Waals surface area contributed by atoms with Gasteiger partial charge in [-0.3, -0.25) is 0 Å². The van der Waals surface area contributed by atoms with Gasteiger partial charge in [-0.25, -0.2) is 0 Å². The first-order chi connectivity index (χ1) is 30.5. The third-order valence-corrected chi connectivity index (χ3v) is 14.5. The van der Waals surface area contributed by atoms with E-state index in [0.717, 1.165) is 0 Å².